The summed E-state index contributed by atoms with van der Waals surface area (Å²) >= 11 is 0. The van der Waals surface area contributed by atoms with Gasteiger partial charge < -0.3 is 47.4 Å². The number of ether oxygens (including phenoxy) is 10. The van der Waals surface area contributed by atoms with Gasteiger partial charge in [0.1, 0.15) is 35.2 Å². The van der Waals surface area contributed by atoms with Crippen molar-refractivity contribution in [3.8, 4) is 57.5 Å². The molecule has 2 heterocycles. The average molecular weight is 657 g/mol. The van der Waals surface area contributed by atoms with Gasteiger partial charge in [0.25, 0.3) is 0 Å². The summed E-state index contributed by atoms with van der Waals surface area (Å²) in [6, 6.07) is 19.3. The van der Waals surface area contributed by atoms with Crippen LogP contribution in [-0.2, 0) is 0 Å². The van der Waals surface area contributed by atoms with Gasteiger partial charge >= 0.3 is 0 Å². The second-order valence-corrected chi connectivity index (χ2v) is 11.2. The van der Waals surface area contributed by atoms with Gasteiger partial charge in [0, 0.05) is 23.6 Å². The minimum absolute atomic E-state index is 0.325. The first kappa shape index (κ1) is 32.6. The van der Waals surface area contributed by atoms with Crippen LogP contribution in [-0.4, -0.2) is 56.9 Å². The molecule has 0 N–H and O–H groups in total. The second-order valence-electron chi connectivity index (χ2n) is 11.2. The van der Waals surface area contributed by atoms with E-state index in [1.165, 1.54) is 0 Å². The molecule has 10 heteroatoms. The minimum Gasteiger partial charge on any atom is -0.497 e. The largest absolute Gasteiger partial charge is 0.497 e. The lowest BCUT2D eigenvalue weighted by atomic mass is 9.70. The van der Waals surface area contributed by atoms with Crippen molar-refractivity contribution in [1.82, 2.24) is 0 Å². The Bertz CT molecular complexity index is 1780. The maximum absolute atomic E-state index is 7.08. The van der Waals surface area contributed by atoms with Crippen LogP contribution in [0.3, 0.4) is 0 Å². The molecule has 48 heavy (non-hydrogen) atoms. The van der Waals surface area contributed by atoms with Crippen LogP contribution in [0.2, 0.25) is 0 Å². The lowest BCUT2D eigenvalue weighted by molar-refractivity contribution is -0.0138. The van der Waals surface area contributed by atoms with Crippen LogP contribution >= 0.6 is 0 Å². The van der Waals surface area contributed by atoms with E-state index in [0.29, 0.717) is 51.6 Å². The maximum Gasteiger partial charge on any atom is 0.204 e. The highest BCUT2D eigenvalue weighted by Crippen LogP contribution is 2.65. The van der Waals surface area contributed by atoms with Gasteiger partial charge in [0.2, 0.25) is 11.5 Å². The molecule has 0 saturated carbocycles. The number of fused-ring (bicyclic) bond motifs is 4. The molecule has 4 aromatic rings. The Morgan fingerprint density at radius 2 is 0.979 bits per heavy atom. The van der Waals surface area contributed by atoms with E-state index in [-0.39, 0.29) is 11.8 Å². The van der Waals surface area contributed by atoms with Gasteiger partial charge in [-0.05, 0) is 35.4 Å². The summed E-state index contributed by atoms with van der Waals surface area (Å²) in [5.41, 5.74) is 3.38. The third kappa shape index (κ3) is 5.51. The Hall–Kier alpha value is -5.38. The van der Waals surface area contributed by atoms with Crippen LogP contribution < -0.4 is 47.4 Å². The first-order chi connectivity index (χ1) is 23.4. The summed E-state index contributed by atoms with van der Waals surface area (Å²) < 4.78 is 60.3. The van der Waals surface area contributed by atoms with E-state index in [1.54, 1.807) is 62.9 Å². The lowest BCUT2D eigenvalue weighted by Gasteiger charge is -2.47. The molecule has 0 aromatic heterocycles. The summed E-state index contributed by atoms with van der Waals surface area (Å²) in [4.78, 5) is 0. The van der Waals surface area contributed by atoms with Gasteiger partial charge in [-0.25, -0.2) is 0 Å². The highest BCUT2D eigenvalue weighted by atomic mass is 16.6. The monoisotopic (exact) mass is 656 g/mol. The summed E-state index contributed by atoms with van der Waals surface area (Å²) in [6.07, 6.45) is 3.10. The molecule has 10 nitrogen and oxygen atoms in total. The molecule has 4 atom stereocenters. The Kier molecular flexibility index (Phi) is 9.34. The van der Waals surface area contributed by atoms with Gasteiger partial charge in [0.15, 0.2) is 23.0 Å². The van der Waals surface area contributed by atoms with Crippen LogP contribution in [0, 0.1) is 5.92 Å². The number of hydrogen-bond acceptors (Lipinski definition) is 10. The molecular formula is C38H40O10. The zero-order chi connectivity index (χ0) is 33.9. The molecule has 2 aliphatic rings. The van der Waals surface area contributed by atoms with Crippen molar-refractivity contribution in [2.75, 3.05) is 56.9 Å². The quantitative estimate of drug-likeness (QED) is 0.162. The maximum atomic E-state index is 7.08. The highest BCUT2D eigenvalue weighted by molar-refractivity contribution is 5.69. The van der Waals surface area contributed by atoms with E-state index < -0.39 is 12.2 Å². The summed E-state index contributed by atoms with van der Waals surface area (Å²) in [5.74, 6) is 4.73. The van der Waals surface area contributed by atoms with E-state index in [1.807, 2.05) is 54.6 Å². The van der Waals surface area contributed by atoms with E-state index in [9.17, 15) is 0 Å². The van der Waals surface area contributed by atoms with Crippen LogP contribution in [0.1, 0.15) is 40.4 Å². The van der Waals surface area contributed by atoms with Gasteiger partial charge in [-0.3, -0.25) is 0 Å². The summed E-state index contributed by atoms with van der Waals surface area (Å²) in [5, 5.41) is 0. The summed E-state index contributed by atoms with van der Waals surface area (Å²) in [6.45, 7) is 0. The van der Waals surface area contributed by atoms with Crippen molar-refractivity contribution >= 4 is 6.08 Å². The molecular weight excluding hydrogens is 616 g/mol. The molecule has 4 aromatic carbocycles. The SMILES string of the molecule is COc1ccc(/C=C/[C@@H]2c3c(OC)cc(OC)c(OC)c3O[C@H]3c4c(OC)cc(OC)c(OC)c4O[C@H](c4ccc(OC)cc4)[C@@H]23)cc1. The van der Waals surface area contributed by atoms with Crippen LogP contribution in [0.5, 0.6) is 57.5 Å². The van der Waals surface area contributed by atoms with Crippen LogP contribution in [0.4, 0.5) is 0 Å². The van der Waals surface area contributed by atoms with E-state index in [0.717, 1.165) is 28.2 Å². The van der Waals surface area contributed by atoms with Gasteiger partial charge in [-0.2, -0.15) is 0 Å². The highest BCUT2D eigenvalue weighted by Gasteiger charge is 2.53. The molecule has 252 valence electrons. The molecule has 0 bridgehead atoms. The Morgan fingerprint density at radius 3 is 1.48 bits per heavy atom. The molecule has 2 aliphatic heterocycles. The van der Waals surface area contributed by atoms with Crippen molar-refractivity contribution in [2.24, 2.45) is 5.92 Å². The zero-order valence-corrected chi connectivity index (χ0v) is 28.3. The summed E-state index contributed by atoms with van der Waals surface area (Å²) in [7, 11) is 12.9. The molecule has 0 spiro atoms. The van der Waals surface area contributed by atoms with Gasteiger partial charge in [-0.1, -0.05) is 36.4 Å². The zero-order valence-electron chi connectivity index (χ0n) is 28.3. The fraction of sp³-hybridized carbons (Fsp3) is 0.316. The first-order valence-electron chi connectivity index (χ1n) is 15.4. The van der Waals surface area contributed by atoms with Crippen molar-refractivity contribution in [3.63, 3.8) is 0 Å². The third-order valence-corrected chi connectivity index (χ3v) is 8.97. The molecule has 0 unspecified atom stereocenters. The molecule has 0 fully saturated rings. The van der Waals surface area contributed by atoms with Crippen molar-refractivity contribution in [2.45, 2.75) is 18.1 Å². The topological polar surface area (TPSA) is 92.3 Å². The predicted octanol–water partition coefficient (Wildman–Crippen LogP) is 7.44. The van der Waals surface area contributed by atoms with Crippen LogP contribution in [0.15, 0.2) is 66.7 Å². The smallest absolute Gasteiger partial charge is 0.204 e. The molecule has 0 saturated heterocycles. The first-order valence-corrected chi connectivity index (χ1v) is 15.4. The van der Waals surface area contributed by atoms with E-state index in [4.69, 9.17) is 47.4 Å². The normalized spacial score (nSPS) is 19.1. The van der Waals surface area contributed by atoms with E-state index >= 15 is 0 Å². The van der Waals surface area contributed by atoms with E-state index in [2.05, 4.69) is 12.2 Å². The number of hydrogen-bond donors (Lipinski definition) is 0. The molecule has 0 aliphatic carbocycles. The van der Waals surface area contributed by atoms with Gasteiger partial charge in [-0.15, -0.1) is 0 Å². The van der Waals surface area contributed by atoms with Crippen LogP contribution in [0.25, 0.3) is 6.08 Å². The number of methoxy groups -OCH3 is 8. The van der Waals surface area contributed by atoms with Crippen molar-refractivity contribution in [1.29, 1.82) is 0 Å². The Balaban J connectivity index is 1.66. The number of benzene rings is 4. The Labute approximate surface area is 280 Å². The fourth-order valence-corrected chi connectivity index (χ4v) is 6.69. The number of rotatable bonds is 11. The average Bonchev–Trinajstić information content (AvgIpc) is 3.14. The molecule has 6 rings (SSSR count). The Morgan fingerprint density at radius 1 is 0.500 bits per heavy atom. The van der Waals surface area contributed by atoms with Crippen molar-refractivity contribution in [3.05, 3.63) is 89.0 Å². The lowest BCUT2D eigenvalue weighted by Crippen LogP contribution is -2.39. The van der Waals surface area contributed by atoms with Crippen molar-refractivity contribution < 1.29 is 47.4 Å². The second kappa shape index (κ2) is 13.8. The minimum atomic E-state index is -0.612. The fourth-order valence-electron chi connectivity index (χ4n) is 6.69. The molecule has 0 amide bonds. The standard InChI is InChI=1S/C38H40O10/c1-39-23-14-9-21(10-15-23)11-18-25-30-26(41-3)19-28(43-5)34(45-7)37(30)48-36-31(25)33(22-12-16-24(40-2)17-13-22)47-38-32(36)27(42-4)20-29(44-6)35(38)46-8/h9-20,25,31,33,36H,1-8H3/b18-11+/t25-,31-,33-,36-/m1/s1. The van der Waals surface area contributed by atoms with Gasteiger partial charge in [0.05, 0.1) is 68.4 Å². The predicted molar refractivity (Wildman–Crippen MR) is 180 cm³/mol. The number of allylic oxidation sites excluding steroid dienone is 1. The molecule has 0 radical (unpaired) electrons. The third-order valence-electron chi connectivity index (χ3n) is 8.97.